The van der Waals surface area contributed by atoms with Gasteiger partial charge in [-0.2, -0.15) is 0 Å². The molecule has 7 nitrogen and oxygen atoms in total. The van der Waals surface area contributed by atoms with Crippen LogP contribution in [0.15, 0.2) is 12.2 Å². The van der Waals surface area contributed by atoms with Gasteiger partial charge < -0.3 is 26.4 Å². The van der Waals surface area contributed by atoms with Gasteiger partial charge in [-0.05, 0) is 6.42 Å². The highest BCUT2D eigenvalue weighted by Crippen LogP contribution is 2.13. The number of nitrogens with two attached hydrogens (primary N) is 2. The number of rotatable bonds is 5. The standard InChI is InChI=1S/C9H16BN3O4/c11-6(3-4-8(12)14)9(15)13-5-1-2-7(13)10(16)17/h1-2,6-7,16-17H,3-5,11H2,(H2,12,14)/t6-,7?/m0/s1. The molecule has 8 heteroatoms. The average Bonchev–Trinajstić information content (AvgIpc) is 2.73. The maximum atomic E-state index is 11.9. The maximum Gasteiger partial charge on any atom is 0.479 e. The SMILES string of the molecule is NC(=O)CC[C@H](N)C(=O)N1CC=CC1B(O)O. The third-order valence-corrected chi connectivity index (χ3v) is 2.60. The van der Waals surface area contributed by atoms with E-state index in [0.717, 1.165) is 0 Å². The number of hydrogen-bond donors (Lipinski definition) is 4. The molecule has 1 aliphatic rings. The fourth-order valence-corrected chi connectivity index (χ4v) is 1.67. The van der Waals surface area contributed by atoms with Crippen molar-refractivity contribution in [3.8, 4) is 0 Å². The summed E-state index contributed by atoms with van der Waals surface area (Å²) in [6, 6.07) is -0.858. The quantitative estimate of drug-likeness (QED) is 0.308. The minimum absolute atomic E-state index is 0.0283. The third kappa shape index (κ3) is 3.55. The van der Waals surface area contributed by atoms with E-state index in [2.05, 4.69) is 0 Å². The minimum atomic E-state index is -1.64. The minimum Gasteiger partial charge on any atom is -0.426 e. The molecule has 2 atom stereocenters. The molecule has 1 unspecified atom stereocenters. The first-order chi connectivity index (χ1) is 7.93. The predicted molar refractivity (Wildman–Crippen MR) is 61.2 cm³/mol. The Morgan fingerprint density at radius 3 is 2.71 bits per heavy atom. The van der Waals surface area contributed by atoms with Crippen LogP contribution in [-0.4, -0.2) is 52.4 Å². The van der Waals surface area contributed by atoms with E-state index < -0.39 is 30.9 Å². The molecule has 0 aliphatic carbocycles. The largest absolute Gasteiger partial charge is 0.479 e. The van der Waals surface area contributed by atoms with E-state index >= 15 is 0 Å². The first-order valence-electron chi connectivity index (χ1n) is 5.30. The van der Waals surface area contributed by atoms with Gasteiger partial charge in [-0.1, -0.05) is 12.2 Å². The molecular weight excluding hydrogens is 225 g/mol. The smallest absolute Gasteiger partial charge is 0.426 e. The number of amides is 2. The second kappa shape index (κ2) is 5.81. The molecule has 94 valence electrons. The summed E-state index contributed by atoms with van der Waals surface area (Å²) in [6.07, 6.45) is 3.37. The van der Waals surface area contributed by atoms with E-state index in [1.54, 1.807) is 6.08 Å². The third-order valence-electron chi connectivity index (χ3n) is 2.60. The van der Waals surface area contributed by atoms with Crippen LogP contribution < -0.4 is 11.5 Å². The maximum absolute atomic E-state index is 11.9. The van der Waals surface area contributed by atoms with E-state index in [4.69, 9.17) is 21.5 Å². The van der Waals surface area contributed by atoms with Gasteiger partial charge in [0.15, 0.2) is 0 Å². The monoisotopic (exact) mass is 241 g/mol. The Hall–Kier alpha value is -1.38. The van der Waals surface area contributed by atoms with Gasteiger partial charge in [0, 0.05) is 13.0 Å². The molecule has 0 fully saturated rings. The lowest BCUT2D eigenvalue weighted by Crippen LogP contribution is -2.51. The van der Waals surface area contributed by atoms with E-state index in [-0.39, 0.29) is 19.4 Å². The molecule has 1 heterocycles. The molecule has 0 aromatic rings. The van der Waals surface area contributed by atoms with Crippen LogP contribution in [0.5, 0.6) is 0 Å². The normalized spacial score (nSPS) is 20.4. The molecule has 0 saturated heterocycles. The second-order valence-corrected chi connectivity index (χ2v) is 3.93. The van der Waals surface area contributed by atoms with Gasteiger partial charge in [0.1, 0.15) is 0 Å². The molecule has 17 heavy (non-hydrogen) atoms. The fourth-order valence-electron chi connectivity index (χ4n) is 1.67. The van der Waals surface area contributed by atoms with Crippen molar-refractivity contribution in [2.24, 2.45) is 11.5 Å². The van der Waals surface area contributed by atoms with E-state index in [1.165, 1.54) is 11.0 Å². The molecule has 0 bridgehead atoms. The number of carbonyl (C=O) groups is 2. The molecule has 6 N–H and O–H groups in total. The van der Waals surface area contributed by atoms with E-state index in [9.17, 15) is 9.59 Å². The molecule has 0 aromatic carbocycles. The molecule has 0 saturated carbocycles. The van der Waals surface area contributed by atoms with E-state index in [0.29, 0.717) is 0 Å². The first-order valence-corrected chi connectivity index (χ1v) is 5.30. The Labute approximate surface area is 99.2 Å². The van der Waals surface area contributed by atoms with Gasteiger partial charge in [0.2, 0.25) is 11.8 Å². The summed E-state index contributed by atoms with van der Waals surface area (Å²) in [7, 11) is -1.64. The highest BCUT2D eigenvalue weighted by molar-refractivity contribution is 6.44. The number of carbonyl (C=O) groups excluding carboxylic acids is 2. The van der Waals surface area contributed by atoms with Crippen LogP contribution in [0.1, 0.15) is 12.8 Å². The first kappa shape index (κ1) is 13.7. The summed E-state index contributed by atoms with van der Waals surface area (Å²) >= 11 is 0. The zero-order valence-corrected chi connectivity index (χ0v) is 9.32. The van der Waals surface area contributed by atoms with Gasteiger partial charge >= 0.3 is 7.12 Å². The lowest BCUT2D eigenvalue weighted by atomic mass is 9.79. The number of nitrogens with zero attached hydrogens (tertiary/aromatic N) is 1. The number of hydrogen-bond acceptors (Lipinski definition) is 5. The molecule has 0 spiro atoms. The summed E-state index contributed by atoms with van der Waals surface area (Å²) < 4.78 is 0. The van der Waals surface area contributed by atoms with Crippen LogP contribution in [0.25, 0.3) is 0 Å². The molecular formula is C9H16BN3O4. The lowest BCUT2D eigenvalue weighted by Gasteiger charge is -2.26. The van der Waals surface area contributed by atoms with Gasteiger partial charge in [0.05, 0.1) is 12.0 Å². The van der Waals surface area contributed by atoms with Crippen molar-refractivity contribution in [3.63, 3.8) is 0 Å². The highest BCUT2D eigenvalue weighted by Gasteiger charge is 2.35. The van der Waals surface area contributed by atoms with Gasteiger partial charge in [-0.3, -0.25) is 9.59 Å². The Kier molecular flexibility index (Phi) is 4.67. The summed E-state index contributed by atoms with van der Waals surface area (Å²) in [5, 5.41) is 18.1. The Morgan fingerprint density at radius 1 is 1.53 bits per heavy atom. The summed E-state index contributed by atoms with van der Waals surface area (Å²) in [4.78, 5) is 23.7. The topological polar surface area (TPSA) is 130 Å². The summed E-state index contributed by atoms with van der Waals surface area (Å²) in [6.45, 7) is 0.283. The van der Waals surface area contributed by atoms with Gasteiger partial charge in [-0.15, -0.1) is 0 Å². The molecule has 1 rings (SSSR count). The van der Waals surface area contributed by atoms with Crippen molar-refractivity contribution in [2.45, 2.75) is 24.8 Å². The van der Waals surface area contributed by atoms with Crippen LogP contribution in [0.3, 0.4) is 0 Å². The zero-order valence-electron chi connectivity index (χ0n) is 9.32. The zero-order chi connectivity index (χ0) is 13.0. The van der Waals surface area contributed by atoms with Crippen molar-refractivity contribution in [1.29, 1.82) is 0 Å². The van der Waals surface area contributed by atoms with Gasteiger partial charge in [-0.25, -0.2) is 0 Å². The van der Waals surface area contributed by atoms with Crippen LogP contribution >= 0.6 is 0 Å². The average molecular weight is 241 g/mol. The van der Waals surface area contributed by atoms with Crippen molar-refractivity contribution < 1.29 is 19.6 Å². The van der Waals surface area contributed by atoms with Crippen LogP contribution in [-0.2, 0) is 9.59 Å². The van der Waals surface area contributed by atoms with Gasteiger partial charge in [0.25, 0.3) is 0 Å². The van der Waals surface area contributed by atoms with Crippen molar-refractivity contribution in [1.82, 2.24) is 4.90 Å². The van der Waals surface area contributed by atoms with Crippen LogP contribution in [0.2, 0.25) is 0 Å². The van der Waals surface area contributed by atoms with Crippen molar-refractivity contribution >= 4 is 18.9 Å². The Balaban J connectivity index is 2.54. The molecule has 2 amide bonds. The highest BCUT2D eigenvalue weighted by atomic mass is 16.4. The predicted octanol–water partition coefficient (Wildman–Crippen LogP) is -2.64. The molecule has 1 aliphatic heterocycles. The van der Waals surface area contributed by atoms with Crippen LogP contribution in [0.4, 0.5) is 0 Å². The second-order valence-electron chi connectivity index (χ2n) is 3.93. The number of primary amides is 1. The molecule has 0 radical (unpaired) electrons. The Bertz CT molecular complexity index is 334. The summed E-state index contributed by atoms with van der Waals surface area (Å²) in [5.74, 6) is -1.72. The molecule has 0 aromatic heterocycles. The Morgan fingerprint density at radius 2 is 2.18 bits per heavy atom. The van der Waals surface area contributed by atoms with Crippen molar-refractivity contribution in [2.75, 3.05) is 6.54 Å². The summed E-state index contributed by atoms with van der Waals surface area (Å²) in [5.41, 5.74) is 10.6. The van der Waals surface area contributed by atoms with E-state index in [1.807, 2.05) is 0 Å². The lowest BCUT2D eigenvalue weighted by molar-refractivity contribution is -0.132. The van der Waals surface area contributed by atoms with Crippen LogP contribution in [0, 0.1) is 0 Å². The fraction of sp³-hybridized carbons (Fsp3) is 0.556. The van der Waals surface area contributed by atoms with Crippen molar-refractivity contribution in [3.05, 3.63) is 12.2 Å².